The van der Waals surface area contributed by atoms with Crippen LogP contribution in [0.25, 0.3) is 5.76 Å². The molecule has 0 spiro atoms. The lowest BCUT2D eigenvalue weighted by Crippen LogP contribution is -2.38. The number of nitrogens with zero attached hydrogens (tertiary/aromatic N) is 3. The molecule has 2 aromatic carbocycles. The molecule has 0 bridgehead atoms. The van der Waals surface area contributed by atoms with E-state index in [0.717, 1.165) is 19.2 Å². The number of nitro groups is 1. The summed E-state index contributed by atoms with van der Waals surface area (Å²) in [6.07, 6.45) is 0. The van der Waals surface area contributed by atoms with Crippen molar-refractivity contribution in [1.82, 2.24) is 9.80 Å². The fraction of sp³-hybridized carbons (Fsp3) is 0.333. The average molecular weight is 455 g/mol. The Morgan fingerprint density at radius 2 is 1.79 bits per heavy atom. The molecule has 1 aliphatic heterocycles. The number of likely N-dealkylation sites (N-methyl/N-ethyl adjacent to an activating group) is 1. The first-order valence-corrected chi connectivity index (χ1v) is 10.7. The van der Waals surface area contributed by atoms with Crippen molar-refractivity contribution in [2.75, 3.05) is 26.2 Å². The lowest BCUT2D eigenvalue weighted by Gasteiger charge is -2.28. The highest BCUT2D eigenvalue weighted by Crippen LogP contribution is 2.39. The number of carbonyl (C=O) groups excluding carboxylic acids is 2. The Balaban J connectivity index is 2.12. The van der Waals surface area contributed by atoms with Crippen LogP contribution in [0.2, 0.25) is 0 Å². The third kappa shape index (κ3) is 4.78. The average Bonchev–Trinajstić information content (AvgIpc) is 3.06. The monoisotopic (exact) mass is 455 g/mol. The fourth-order valence-electron chi connectivity index (χ4n) is 3.92. The molecule has 2 aromatic rings. The molecule has 1 saturated heterocycles. The van der Waals surface area contributed by atoms with Crippen molar-refractivity contribution in [3.05, 3.63) is 80.7 Å². The predicted molar refractivity (Wildman–Crippen MR) is 121 cm³/mol. The van der Waals surface area contributed by atoms with Crippen LogP contribution in [0.4, 0.5) is 10.1 Å². The Morgan fingerprint density at radius 1 is 1.15 bits per heavy atom. The first-order chi connectivity index (χ1) is 15.7. The van der Waals surface area contributed by atoms with Crippen LogP contribution in [0.1, 0.15) is 36.6 Å². The van der Waals surface area contributed by atoms with Crippen molar-refractivity contribution in [3.8, 4) is 0 Å². The van der Waals surface area contributed by atoms with Gasteiger partial charge in [-0.3, -0.25) is 19.7 Å². The number of ketones is 1. The summed E-state index contributed by atoms with van der Waals surface area (Å²) in [5, 5.41) is 22.0. The van der Waals surface area contributed by atoms with Crippen LogP contribution < -0.4 is 0 Å². The minimum atomic E-state index is -0.953. The number of rotatable bonds is 8. The van der Waals surface area contributed by atoms with Crippen LogP contribution >= 0.6 is 0 Å². The van der Waals surface area contributed by atoms with Crippen molar-refractivity contribution < 1.29 is 24.0 Å². The standard InChI is InChI=1S/C24H26FN3O5/c1-4-26(5-2)12-13-27-21(16-8-10-18(11-9-16)28(32)33)20(23(30)24(27)31)22(29)17-7-6-15(3)19(25)14-17/h6-11,14,21,29H,4-5,12-13H2,1-3H3. The topological polar surface area (TPSA) is 104 Å². The van der Waals surface area contributed by atoms with Crippen molar-refractivity contribution >= 4 is 23.1 Å². The normalized spacial score (nSPS) is 17.7. The van der Waals surface area contributed by atoms with E-state index in [-0.39, 0.29) is 23.4 Å². The van der Waals surface area contributed by atoms with Crippen LogP contribution in [0, 0.1) is 22.9 Å². The van der Waals surface area contributed by atoms with E-state index in [1.165, 1.54) is 41.3 Å². The van der Waals surface area contributed by atoms with Gasteiger partial charge in [0.05, 0.1) is 16.5 Å². The molecule has 33 heavy (non-hydrogen) atoms. The van der Waals surface area contributed by atoms with Gasteiger partial charge >= 0.3 is 0 Å². The highest BCUT2D eigenvalue weighted by atomic mass is 19.1. The maximum Gasteiger partial charge on any atom is 0.295 e. The molecule has 0 aliphatic carbocycles. The van der Waals surface area contributed by atoms with E-state index in [2.05, 4.69) is 4.90 Å². The smallest absolute Gasteiger partial charge is 0.295 e. The largest absolute Gasteiger partial charge is 0.507 e. The van der Waals surface area contributed by atoms with Crippen molar-refractivity contribution in [1.29, 1.82) is 0 Å². The molecule has 9 heteroatoms. The van der Waals surface area contributed by atoms with E-state index in [9.17, 15) is 29.2 Å². The number of nitro benzene ring substituents is 1. The highest BCUT2D eigenvalue weighted by Gasteiger charge is 2.46. The van der Waals surface area contributed by atoms with Crippen molar-refractivity contribution in [3.63, 3.8) is 0 Å². The van der Waals surface area contributed by atoms with Crippen LogP contribution in [0.3, 0.4) is 0 Å². The van der Waals surface area contributed by atoms with Crippen molar-refractivity contribution in [2.45, 2.75) is 26.8 Å². The second-order valence-corrected chi connectivity index (χ2v) is 7.83. The maximum absolute atomic E-state index is 14.1. The number of Topliss-reactive ketones (excluding diaryl/α,β-unsaturated/α-hetero) is 1. The second-order valence-electron chi connectivity index (χ2n) is 7.83. The SMILES string of the molecule is CCN(CC)CCN1C(=O)C(=O)C(=C(O)c2ccc(C)c(F)c2)C1c1ccc([N+](=O)[O-])cc1. The van der Waals surface area contributed by atoms with E-state index < -0.39 is 34.2 Å². The summed E-state index contributed by atoms with van der Waals surface area (Å²) in [6, 6.07) is 8.60. The number of halogens is 1. The van der Waals surface area contributed by atoms with Gasteiger partial charge in [0.25, 0.3) is 17.4 Å². The van der Waals surface area contributed by atoms with Gasteiger partial charge in [-0.1, -0.05) is 26.0 Å². The van der Waals surface area contributed by atoms with Gasteiger partial charge in [-0.05, 0) is 49.3 Å². The molecular weight excluding hydrogens is 429 g/mol. The summed E-state index contributed by atoms with van der Waals surface area (Å²) < 4.78 is 14.1. The molecule has 1 heterocycles. The lowest BCUT2D eigenvalue weighted by molar-refractivity contribution is -0.384. The van der Waals surface area contributed by atoms with Crippen molar-refractivity contribution in [2.24, 2.45) is 0 Å². The lowest BCUT2D eigenvalue weighted by atomic mass is 9.95. The molecule has 0 aromatic heterocycles. The number of carbonyl (C=O) groups is 2. The minimum absolute atomic E-state index is 0.0757. The molecule has 1 atom stereocenters. The third-order valence-electron chi connectivity index (χ3n) is 5.96. The summed E-state index contributed by atoms with van der Waals surface area (Å²) >= 11 is 0. The van der Waals surface area contributed by atoms with E-state index in [1.54, 1.807) is 6.92 Å². The fourth-order valence-corrected chi connectivity index (χ4v) is 3.92. The first kappa shape index (κ1) is 24.1. The molecule has 0 radical (unpaired) electrons. The zero-order chi connectivity index (χ0) is 24.3. The van der Waals surface area contributed by atoms with Gasteiger partial charge in [0.15, 0.2) is 0 Å². The number of non-ortho nitro benzene ring substituents is 1. The predicted octanol–water partition coefficient (Wildman–Crippen LogP) is 3.81. The van der Waals surface area contributed by atoms with Gasteiger partial charge in [-0.15, -0.1) is 0 Å². The molecule has 1 N–H and O–H groups in total. The summed E-state index contributed by atoms with van der Waals surface area (Å²) in [7, 11) is 0. The van der Waals surface area contributed by atoms with Crippen LogP contribution in [-0.2, 0) is 9.59 Å². The number of benzene rings is 2. The van der Waals surface area contributed by atoms with Gasteiger partial charge < -0.3 is 14.9 Å². The molecule has 1 aliphatic rings. The molecule has 1 unspecified atom stereocenters. The van der Waals surface area contributed by atoms with Gasteiger partial charge in [0.1, 0.15) is 11.6 Å². The Labute approximate surface area is 191 Å². The highest BCUT2D eigenvalue weighted by molar-refractivity contribution is 6.46. The van der Waals surface area contributed by atoms with E-state index in [1.807, 2.05) is 13.8 Å². The van der Waals surface area contributed by atoms with E-state index in [4.69, 9.17) is 0 Å². The molecule has 1 fully saturated rings. The summed E-state index contributed by atoms with van der Waals surface area (Å²) in [5.41, 5.74) is 0.578. The van der Waals surface area contributed by atoms with Gasteiger partial charge in [0.2, 0.25) is 0 Å². The van der Waals surface area contributed by atoms with Gasteiger partial charge in [-0.2, -0.15) is 0 Å². The quantitative estimate of drug-likeness (QED) is 0.213. The molecule has 174 valence electrons. The molecule has 3 rings (SSSR count). The number of amides is 1. The number of aliphatic hydroxyl groups excluding tert-OH is 1. The van der Waals surface area contributed by atoms with E-state index >= 15 is 0 Å². The zero-order valence-electron chi connectivity index (χ0n) is 18.7. The summed E-state index contributed by atoms with van der Waals surface area (Å²) in [4.78, 5) is 39.9. The molecular formula is C24H26FN3O5. The van der Waals surface area contributed by atoms with Gasteiger partial charge in [-0.25, -0.2) is 4.39 Å². The Kier molecular flexibility index (Phi) is 7.23. The Morgan fingerprint density at radius 3 is 2.33 bits per heavy atom. The Bertz CT molecular complexity index is 1110. The number of hydrogen-bond acceptors (Lipinski definition) is 6. The number of aryl methyl sites for hydroxylation is 1. The maximum atomic E-state index is 14.1. The van der Waals surface area contributed by atoms with Crippen LogP contribution in [0.15, 0.2) is 48.0 Å². The summed E-state index contributed by atoms with van der Waals surface area (Å²) in [6.45, 7) is 7.77. The van der Waals surface area contributed by atoms with E-state index in [0.29, 0.717) is 17.7 Å². The van der Waals surface area contributed by atoms with Crippen LogP contribution in [-0.4, -0.2) is 57.7 Å². The number of hydrogen-bond donors (Lipinski definition) is 1. The molecule has 0 saturated carbocycles. The number of aliphatic hydroxyl groups is 1. The minimum Gasteiger partial charge on any atom is -0.507 e. The Hall–Kier alpha value is -3.59. The zero-order valence-corrected chi connectivity index (χ0v) is 18.7. The van der Waals surface area contributed by atoms with Gasteiger partial charge in [0, 0.05) is 30.8 Å². The number of likely N-dealkylation sites (tertiary alicyclic amines) is 1. The molecule has 1 amide bonds. The third-order valence-corrected chi connectivity index (χ3v) is 5.96. The second kappa shape index (κ2) is 9.91. The van der Waals surface area contributed by atoms with Crippen LogP contribution in [0.5, 0.6) is 0 Å². The molecule has 8 nitrogen and oxygen atoms in total. The first-order valence-electron chi connectivity index (χ1n) is 10.7. The summed E-state index contributed by atoms with van der Waals surface area (Å²) in [5.74, 6) is -2.70.